The number of nitrogens with zero attached hydrogens (tertiary/aromatic N) is 1. The van der Waals surface area contributed by atoms with Gasteiger partial charge in [0.25, 0.3) is 0 Å². The molecule has 0 bridgehead atoms. The Labute approximate surface area is 139 Å². The third-order valence-electron chi connectivity index (χ3n) is 4.70. The van der Waals surface area contributed by atoms with Crippen LogP contribution in [0.1, 0.15) is 31.2 Å². The predicted octanol–water partition coefficient (Wildman–Crippen LogP) is 2.57. The van der Waals surface area contributed by atoms with Gasteiger partial charge >= 0.3 is 0 Å². The highest BCUT2D eigenvalue weighted by atomic mass is 16.5. The van der Waals surface area contributed by atoms with Crippen LogP contribution >= 0.6 is 0 Å². The second-order valence-electron chi connectivity index (χ2n) is 6.23. The van der Waals surface area contributed by atoms with E-state index in [4.69, 9.17) is 9.47 Å². The lowest BCUT2D eigenvalue weighted by Gasteiger charge is -2.42. The van der Waals surface area contributed by atoms with Crippen molar-refractivity contribution in [2.45, 2.75) is 32.2 Å². The van der Waals surface area contributed by atoms with Crippen LogP contribution in [0.15, 0.2) is 29.3 Å². The first-order valence-electron chi connectivity index (χ1n) is 8.28. The Bertz CT molecular complexity index is 513. The molecule has 0 aromatic heterocycles. The van der Waals surface area contributed by atoms with Crippen LogP contribution in [0.2, 0.25) is 0 Å². The van der Waals surface area contributed by atoms with E-state index in [1.165, 1.54) is 24.8 Å². The largest absolute Gasteiger partial charge is 0.497 e. The molecule has 1 aliphatic carbocycles. The maximum Gasteiger partial charge on any atom is 0.191 e. The van der Waals surface area contributed by atoms with Crippen molar-refractivity contribution >= 4 is 5.96 Å². The van der Waals surface area contributed by atoms with Gasteiger partial charge in [0.2, 0.25) is 0 Å². The summed E-state index contributed by atoms with van der Waals surface area (Å²) in [4.78, 5) is 4.32. The topological polar surface area (TPSA) is 54.9 Å². The quantitative estimate of drug-likeness (QED) is 0.571. The van der Waals surface area contributed by atoms with E-state index in [1.54, 1.807) is 14.2 Å². The van der Waals surface area contributed by atoms with Crippen molar-refractivity contribution in [3.8, 4) is 5.75 Å². The first-order valence-corrected chi connectivity index (χ1v) is 8.28. The average Bonchev–Trinajstić information content (AvgIpc) is 2.56. The average molecular weight is 319 g/mol. The summed E-state index contributed by atoms with van der Waals surface area (Å²) in [5, 5.41) is 6.84. The van der Waals surface area contributed by atoms with E-state index >= 15 is 0 Å². The van der Waals surface area contributed by atoms with Crippen LogP contribution in [0.25, 0.3) is 0 Å². The zero-order valence-electron chi connectivity index (χ0n) is 14.5. The van der Waals surface area contributed by atoms with Crippen LogP contribution < -0.4 is 15.4 Å². The number of guanidine groups is 1. The third-order valence-corrected chi connectivity index (χ3v) is 4.70. The minimum Gasteiger partial charge on any atom is -0.497 e. The molecule has 2 rings (SSSR count). The number of nitrogens with one attached hydrogen (secondary N) is 2. The molecule has 0 unspecified atom stereocenters. The van der Waals surface area contributed by atoms with Crippen LogP contribution in [0.4, 0.5) is 0 Å². The van der Waals surface area contributed by atoms with E-state index in [0.717, 1.165) is 37.8 Å². The van der Waals surface area contributed by atoms with Gasteiger partial charge in [-0.2, -0.15) is 0 Å². The third kappa shape index (κ3) is 5.13. The first-order chi connectivity index (χ1) is 11.2. The van der Waals surface area contributed by atoms with Gasteiger partial charge in [-0.3, -0.25) is 4.99 Å². The summed E-state index contributed by atoms with van der Waals surface area (Å²) < 4.78 is 10.5. The van der Waals surface area contributed by atoms with Gasteiger partial charge in [0.1, 0.15) is 5.75 Å². The van der Waals surface area contributed by atoms with Gasteiger partial charge in [-0.15, -0.1) is 0 Å². The molecule has 1 aromatic rings. The van der Waals surface area contributed by atoms with E-state index in [1.807, 2.05) is 25.2 Å². The van der Waals surface area contributed by atoms with Crippen LogP contribution in [-0.2, 0) is 11.3 Å². The molecule has 1 saturated carbocycles. The maximum atomic E-state index is 5.25. The Balaban J connectivity index is 1.81. The second-order valence-corrected chi connectivity index (χ2v) is 6.23. The number of hydrogen-bond donors (Lipinski definition) is 2. The fourth-order valence-corrected chi connectivity index (χ4v) is 2.97. The molecule has 1 fully saturated rings. The molecule has 0 saturated heterocycles. The Morgan fingerprint density at radius 2 is 2.09 bits per heavy atom. The highest BCUT2D eigenvalue weighted by molar-refractivity contribution is 5.79. The lowest BCUT2D eigenvalue weighted by atomic mass is 9.67. The molecule has 1 aliphatic rings. The summed E-state index contributed by atoms with van der Waals surface area (Å²) in [6, 6.07) is 8.06. The molecular weight excluding hydrogens is 290 g/mol. The van der Waals surface area contributed by atoms with Crippen molar-refractivity contribution in [1.82, 2.24) is 10.6 Å². The van der Waals surface area contributed by atoms with Gasteiger partial charge in [0, 0.05) is 33.9 Å². The van der Waals surface area contributed by atoms with Crippen LogP contribution in [0.3, 0.4) is 0 Å². The van der Waals surface area contributed by atoms with Crippen molar-refractivity contribution in [1.29, 1.82) is 0 Å². The minimum atomic E-state index is 0.379. The van der Waals surface area contributed by atoms with Crippen molar-refractivity contribution in [2.75, 3.05) is 34.4 Å². The molecule has 5 nitrogen and oxygen atoms in total. The molecule has 0 amide bonds. The van der Waals surface area contributed by atoms with E-state index in [0.29, 0.717) is 5.41 Å². The molecule has 0 spiro atoms. The van der Waals surface area contributed by atoms with E-state index < -0.39 is 0 Å². The molecule has 0 aliphatic heterocycles. The number of methoxy groups -OCH3 is 2. The van der Waals surface area contributed by atoms with E-state index in [-0.39, 0.29) is 0 Å². The smallest absolute Gasteiger partial charge is 0.191 e. The molecule has 0 atom stereocenters. The van der Waals surface area contributed by atoms with Crippen LogP contribution in [-0.4, -0.2) is 40.4 Å². The van der Waals surface area contributed by atoms with E-state index in [9.17, 15) is 0 Å². The fraction of sp³-hybridized carbons (Fsp3) is 0.611. The van der Waals surface area contributed by atoms with Crippen LogP contribution in [0, 0.1) is 5.41 Å². The van der Waals surface area contributed by atoms with Crippen molar-refractivity contribution in [3.05, 3.63) is 29.8 Å². The maximum absolute atomic E-state index is 5.25. The molecule has 0 heterocycles. The van der Waals surface area contributed by atoms with Gasteiger partial charge in [-0.05, 0) is 42.4 Å². The molecule has 1 aromatic carbocycles. The van der Waals surface area contributed by atoms with Crippen LogP contribution in [0.5, 0.6) is 5.75 Å². The van der Waals surface area contributed by atoms with Gasteiger partial charge in [-0.1, -0.05) is 18.6 Å². The van der Waals surface area contributed by atoms with Crippen molar-refractivity contribution in [3.63, 3.8) is 0 Å². The molecule has 23 heavy (non-hydrogen) atoms. The SMILES string of the molecule is CN=C(NCc1cccc(OC)c1)NCC1(CCOC)CCC1. The Hall–Kier alpha value is -1.75. The van der Waals surface area contributed by atoms with Gasteiger partial charge < -0.3 is 20.1 Å². The second kappa shape index (κ2) is 8.77. The highest BCUT2D eigenvalue weighted by Gasteiger charge is 2.36. The number of benzene rings is 1. The number of aliphatic imine (C=N–C) groups is 1. The standard InChI is InChI=1S/C18H29N3O2/c1-19-17(20-13-15-6-4-7-16(12-15)23-3)21-14-18(8-5-9-18)10-11-22-2/h4,6-7,12H,5,8-11,13-14H2,1-3H3,(H2,19,20,21). The minimum absolute atomic E-state index is 0.379. The van der Waals surface area contributed by atoms with Gasteiger partial charge in [0.05, 0.1) is 7.11 Å². The molecule has 5 heteroatoms. The summed E-state index contributed by atoms with van der Waals surface area (Å²) in [5.74, 6) is 1.72. The predicted molar refractivity (Wildman–Crippen MR) is 94.0 cm³/mol. The van der Waals surface area contributed by atoms with Gasteiger partial charge in [-0.25, -0.2) is 0 Å². The number of ether oxygens (including phenoxy) is 2. The summed E-state index contributed by atoms with van der Waals surface area (Å²) in [5.41, 5.74) is 1.55. The number of hydrogen-bond acceptors (Lipinski definition) is 3. The summed E-state index contributed by atoms with van der Waals surface area (Å²) in [6.07, 6.45) is 4.98. The normalized spacial score (nSPS) is 16.6. The van der Waals surface area contributed by atoms with E-state index in [2.05, 4.69) is 21.7 Å². The Kier molecular flexibility index (Phi) is 6.71. The summed E-state index contributed by atoms with van der Waals surface area (Å²) in [6.45, 7) is 2.51. The summed E-state index contributed by atoms with van der Waals surface area (Å²) >= 11 is 0. The first kappa shape index (κ1) is 17.6. The monoisotopic (exact) mass is 319 g/mol. The Morgan fingerprint density at radius 1 is 1.26 bits per heavy atom. The molecule has 128 valence electrons. The van der Waals surface area contributed by atoms with Gasteiger partial charge in [0.15, 0.2) is 5.96 Å². The number of rotatable bonds is 8. The molecule has 2 N–H and O–H groups in total. The zero-order chi connectivity index (χ0) is 16.5. The lowest BCUT2D eigenvalue weighted by Crippen LogP contribution is -2.46. The van der Waals surface area contributed by atoms with Crippen molar-refractivity contribution in [2.24, 2.45) is 10.4 Å². The Morgan fingerprint density at radius 3 is 2.70 bits per heavy atom. The fourth-order valence-electron chi connectivity index (χ4n) is 2.97. The van der Waals surface area contributed by atoms with Crippen molar-refractivity contribution < 1.29 is 9.47 Å². The highest BCUT2D eigenvalue weighted by Crippen LogP contribution is 2.43. The zero-order valence-corrected chi connectivity index (χ0v) is 14.5. The lowest BCUT2D eigenvalue weighted by molar-refractivity contribution is 0.0732. The molecule has 0 radical (unpaired) electrons. The molecular formula is C18H29N3O2. The summed E-state index contributed by atoms with van der Waals surface area (Å²) in [7, 11) is 5.27.